The van der Waals surface area contributed by atoms with Crippen LogP contribution in [0.1, 0.15) is 61.7 Å². The zero-order valence-electron chi connectivity index (χ0n) is 11.8. The smallest absolute Gasteiger partial charge is 0.0979 e. The summed E-state index contributed by atoms with van der Waals surface area (Å²) in [7, 11) is 0. The molecule has 1 aromatic carbocycles. The second-order valence-corrected chi connectivity index (χ2v) is 7.08. The van der Waals surface area contributed by atoms with Crippen molar-refractivity contribution in [2.24, 2.45) is 17.3 Å². The lowest BCUT2D eigenvalue weighted by atomic mass is 9.68. The number of hydrogen-bond donors (Lipinski definition) is 1. The zero-order chi connectivity index (χ0) is 13.7. The lowest BCUT2D eigenvalue weighted by molar-refractivity contribution is 0.0233. The van der Waals surface area contributed by atoms with Gasteiger partial charge in [-0.25, -0.2) is 0 Å². The van der Waals surface area contributed by atoms with Crippen LogP contribution in [0.3, 0.4) is 0 Å². The molecular formula is C18H21NO. The Bertz CT molecular complexity index is 571. The molecule has 2 heteroatoms. The Morgan fingerprint density at radius 2 is 2.10 bits per heavy atom. The lowest BCUT2D eigenvalue weighted by Crippen LogP contribution is -2.33. The largest absolute Gasteiger partial charge is 0.387 e. The van der Waals surface area contributed by atoms with Gasteiger partial charge in [0.1, 0.15) is 0 Å². The van der Waals surface area contributed by atoms with Crippen molar-refractivity contribution in [2.75, 3.05) is 0 Å². The van der Waals surface area contributed by atoms with Crippen LogP contribution in [0.4, 0.5) is 0 Å². The molecule has 0 aliphatic heterocycles. The molecule has 3 fully saturated rings. The number of aliphatic hydroxyl groups excluding tert-OH is 1. The van der Waals surface area contributed by atoms with Crippen molar-refractivity contribution in [2.45, 2.75) is 50.5 Å². The number of aliphatic hydroxyl groups is 1. The van der Waals surface area contributed by atoms with E-state index in [-0.39, 0.29) is 0 Å². The topological polar surface area (TPSA) is 44.0 Å². The molecule has 1 N–H and O–H groups in total. The van der Waals surface area contributed by atoms with E-state index in [0.29, 0.717) is 17.8 Å². The quantitative estimate of drug-likeness (QED) is 0.901. The Morgan fingerprint density at radius 3 is 2.70 bits per heavy atom. The minimum atomic E-state index is -0.610. The Morgan fingerprint density at radius 1 is 1.25 bits per heavy atom. The summed E-state index contributed by atoms with van der Waals surface area (Å²) < 4.78 is 0. The first-order valence-corrected chi connectivity index (χ1v) is 7.92. The standard InChI is InChI=1S/C18H21NO/c19-11-18(10-12-4-7-16(18)8-12)17(20)15-3-1-2-14(9-15)13-5-6-13/h1-3,9,12-13,16-17,20H,4-8,10H2. The van der Waals surface area contributed by atoms with Gasteiger partial charge in [-0.3, -0.25) is 0 Å². The zero-order valence-corrected chi connectivity index (χ0v) is 11.8. The molecular weight excluding hydrogens is 246 g/mol. The van der Waals surface area contributed by atoms with Gasteiger partial charge in [0, 0.05) is 0 Å². The maximum atomic E-state index is 10.9. The summed E-state index contributed by atoms with van der Waals surface area (Å²) >= 11 is 0. The first-order valence-electron chi connectivity index (χ1n) is 7.92. The van der Waals surface area contributed by atoms with Crippen LogP contribution in [0.15, 0.2) is 24.3 Å². The molecule has 4 rings (SSSR count). The second kappa shape index (κ2) is 4.33. The maximum absolute atomic E-state index is 10.9. The Kier molecular flexibility index (Phi) is 2.69. The number of nitriles is 1. The molecule has 3 aliphatic rings. The first kappa shape index (κ1) is 12.4. The van der Waals surface area contributed by atoms with Gasteiger partial charge in [0.2, 0.25) is 0 Å². The molecule has 2 bridgehead atoms. The molecule has 4 unspecified atom stereocenters. The van der Waals surface area contributed by atoms with Gasteiger partial charge < -0.3 is 5.11 Å². The van der Waals surface area contributed by atoms with E-state index in [1.54, 1.807) is 0 Å². The van der Waals surface area contributed by atoms with E-state index in [9.17, 15) is 10.4 Å². The molecule has 104 valence electrons. The van der Waals surface area contributed by atoms with E-state index in [1.165, 1.54) is 24.8 Å². The monoisotopic (exact) mass is 267 g/mol. The van der Waals surface area contributed by atoms with Crippen molar-refractivity contribution in [1.82, 2.24) is 0 Å². The average Bonchev–Trinajstić information content (AvgIpc) is 3.16. The fraction of sp³-hybridized carbons (Fsp3) is 0.611. The summed E-state index contributed by atoms with van der Waals surface area (Å²) in [5.41, 5.74) is 1.78. The van der Waals surface area contributed by atoms with Crippen molar-refractivity contribution < 1.29 is 5.11 Å². The van der Waals surface area contributed by atoms with Gasteiger partial charge in [0.25, 0.3) is 0 Å². The summed E-state index contributed by atoms with van der Waals surface area (Å²) in [5.74, 6) is 1.76. The fourth-order valence-corrected chi connectivity index (χ4v) is 4.60. The predicted octanol–water partition coefficient (Wildman–Crippen LogP) is 3.93. The van der Waals surface area contributed by atoms with E-state index in [4.69, 9.17) is 0 Å². The van der Waals surface area contributed by atoms with Crippen molar-refractivity contribution in [3.05, 3.63) is 35.4 Å². The third-order valence-electron chi connectivity index (χ3n) is 5.87. The van der Waals surface area contributed by atoms with Crippen molar-refractivity contribution in [3.8, 4) is 6.07 Å². The predicted molar refractivity (Wildman–Crippen MR) is 76.9 cm³/mol. The van der Waals surface area contributed by atoms with Crippen LogP contribution in [-0.4, -0.2) is 5.11 Å². The number of fused-ring (bicyclic) bond motifs is 2. The van der Waals surface area contributed by atoms with E-state index < -0.39 is 11.5 Å². The summed E-state index contributed by atoms with van der Waals surface area (Å²) in [6.07, 6.45) is 6.35. The van der Waals surface area contributed by atoms with E-state index in [1.807, 2.05) is 12.1 Å². The Balaban J connectivity index is 1.67. The lowest BCUT2D eigenvalue weighted by Gasteiger charge is -2.35. The second-order valence-electron chi connectivity index (χ2n) is 7.08. The van der Waals surface area contributed by atoms with Crippen LogP contribution in [0, 0.1) is 28.6 Å². The van der Waals surface area contributed by atoms with Crippen molar-refractivity contribution >= 4 is 0 Å². The van der Waals surface area contributed by atoms with Crippen LogP contribution in [0.5, 0.6) is 0 Å². The molecule has 3 saturated carbocycles. The Hall–Kier alpha value is -1.33. The minimum Gasteiger partial charge on any atom is -0.387 e. The molecule has 20 heavy (non-hydrogen) atoms. The maximum Gasteiger partial charge on any atom is 0.0979 e. The molecule has 4 atom stereocenters. The fourth-order valence-electron chi connectivity index (χ4n) is 4.60. The van der Waals surface area contributed by atoms with Crippen LogP contribution in [0.2, 0.25) is 0 Å². The van der Waals surface area contributed by atoms with Crippen LogP contribution in [-0.2, 0) is 0 Å². The highest BCUT2D eigenvalue weighted by atomic mass is 16.3. The summed E-state index contributed by atoms with van der Waals surface area (Å²) in [6.45, 7) is 0. The number of hydrogen-bond acceptors (Lipinski definition) is 2. The van der Waals surface area contributed by atoms with E-state index in [2.05, 4.69) is 18.2 Å². The molecule has 0 saturated heterocycles. The van der Waals surface area contributed by atoms with Gasteiger partial charge in [-0.15, -0.1) is 0 Å². The summed E-state index contributed by atoms with van der Waals surface area (Å²) in [5, 5.41) is 20.6. The van der Waals surface area contributed by atoms with Gasteiger partial charge in [-0.1, -0.05) is 30.7 Å². The molecule has 0 radical (unpaired) electrons. The van der Waals surface area contributed by atoms with E-state index in [0.717, 1.165) is 24.8 Å². The first-order chi connectivity index (χ1) is 9.73. The van der Waals surface area contributed by atoms with Gasteiger partial charge in [-0.05, 0) is 61.0 Å². The van der Waals surface area contributed by atoms with Crippen molar-refractivity contribution in [3.63, 3.8) is 0 Å². The molecule has 0 amide bonds. The Labute approximate surface area is 120 Å². The summed E-state index contributed by atoms with van der Waals surface area (Å²) in [6, 6.07) is 10.9. The molecule has 2 nitrogen and oxygen atoms in total. The molecule has 3 aliphatic carbocycles. The third-order valence-corrected chi connectivity index (χ3v) is 5.87. The van der Waals surface area contributed by atoms with Gasteiger partial charge in [-0.2, -0.15) is 5.26 Å². The van der Waals surface area contributed by atoms with Gasteiger partial charge in [0.15, 0.2) is 0 Å². The third kappa shape index (κ3) is 1.73. The number of rotatable bonds is 3. The minimum absolute atomic E-state index is 0.400. The molecule has 0 aromatic heterocycles. The average molecular weight is 267 g/mol. The highest BCUT2D eigenvalue weighted by Gasteiger charge is 2.55. The van der Waals surface area contributed by atoms with Crippen LogP contribution < -0.4 is 0 Å². The van der Waals surface area contributed by atoms with Crippen molar-refractivity contribution in [1.29, 1.82) is 5.26 Å². The van der Waals surface area contributed by atoms with Crippen LogP contribution in [0.25, 0.3) is 0 Å². The number of benzene rings is 1. The van der Waals surface area contributed by atoms with Crippen LogP contribution >= 0.6 is 0 Å². The van der Waals surface area contributed by atoms with Gasteiger partial charge in [0.05, 0.1) is 17.6 Å². The normalized spacial score (nSPS) is 36.8. The molecule has 1 aromatic rings. The SMILES string of the molecule is N#CC1(C(O)c2cccc(C3CC3)c2)CC2CCC1C2. The molecule has 0 heterocycles. The summed E-state index contributed by atoms with van der Waals surface area (Å²) in [4.78, 5) is 0. The van der Waals surface area contributed by atoms with Gasteiger partial charge >= 0.3 is 0 Å². The number of nitrogens with zero attached hydrogens (tertiary/aromatic N) is 1. The highest BCUT2D eigenvalue weighted by Crippen LogP contribution is 2.60. The van der Waals surface area contributed by atoms with E-state index >= 15 is 0 Å². The highest BCUT2D eigenvalue weighted by molar-refractivity contribution is 5.33. The molecule has 0 spiro atoms.